The minimum absolute atomic E-state index is 0. The summed E-state index contributed by atoms with van der Waals surface area (Å²) in [5.74, 6) is 2.90. The first-order valence-corrected chi connectivity index (χ1v) is 10.0. The quantitative estimate of drug-likeness (QED) is 0.402. The van der Waals surface area contributed by atoms with Crippen molar-refractivity contribution in [3.63, 3.8) is 0 Å². The molecule has 0 aromatic carbocycles. The number of anilines is 1. The van der Waals surface area contributed by atoms with Gasteiger partial charge in [-0.2, -0.15) is 0 Å². The molecule has 0 spiro atoms. The molecule has 3 heterocycles. The van der Waals surface area contributed by atoms with Gasteiger partial charge in [0.15, 0.2) is 5.96 Å². The molecule has 1 unspecified atom stereocenters. The number of likely N-dealkylation sites (tertiary alicyclic amines) is 1. The van der Waals surface area contributed by atoms with Crippen LogP contribution in [0.15, 0.2) is 23.3 Å². The van der Waals surface area contributed by atoms with E-state index in [4.69, 9.17) is 9.73 Å². The van der Waals surface area contributed by atoms with Crippen molar-refractivity contribution in [2.75, 3.05) is 44.2 Å². The summed E-state index contributed by atoms with van der Waals surface area (Å²) in [5.41, 5.74) is 1.20. The molecule has 1 atom stereocenters. The molecule has 0 bridgehead atoms. The lowest BCUT2D eigenvalue weighted by Gasteiger charge is -2.33. The van der Waals surface area contributed by atoms with E-state index < -0.39 is 0 Å². The van der Waals surface area contributed by atoms with E-state index >= 15 is 0 Å². The van der Waals surface area contributed by atoms with E-state index in [0.717, 1.165) is 57.0 Å². The van der Waals surface area contributed by atoms with Gasteiger partial charge in [-0.3, -0.25) is 0 Å². The summed E-state index contributed by atoms with van der Waals surface area (Å²) < 4.78 is 5.64. The number of halogens is 1. The van der Waals surface area contributed by atoms with E-state index in [1.807, 2.05) is 6.20 Å². The molecule has 2 aliphatic heterocycles. The monoisotopic (exact) mass is 487 g/mol. The molecule has 2 saturated heterocycles. The number of hydrogen-bond acceptors (Lipinski definition) is 4. The smallest absolute Gasteiger partial charge is 0.194 e. The van der Waals surface area contributed by atoms with Crippen LogP contribution in [0, 0.1) is 5.92 Å². The molecule has 0 saturated carbocycles. The van der Waals surface area contributed by atoms with Gasteiger partial charge in [-0.15, -0.1) is 24.0 Å². The maximum absolute atomic E-state index is 5.64. The number of ether oxygens (including phenoxy) is 1. The van der Waals surface area contributed by atoms with Crippen LogP contribution in [0.2, 0.25) is 0 Å². The maximum Gasteiger partial charge on any atom is 0.194 e. The van der Waals surface area contributed by atoms with Gasteiger partial charge in [0.05, 0.1) is 19.3 Å². The van der Waals surface area contributed by atoms with Crippen molar-refractivity contribution in [1.29, 1.82) is 0 Å². The summed E-state index contributed by atoms with van der Waals surface area (Å²) in [6, 6.07) is 4.24. The summed E-state index contributed by atoms with van der Waals surface area (Å²) >= 11 is 0. The van der Waals surface area contributed by atoms with Crippen LogP contribution in [-0.2, 0) is 11.3 Å². The lowest BCUT2D eigenvalue weighted by molar-refractivity contribution is 0.0529. The molecule has 27 heavy (non-hydrogen) atoms. The number of aliphatic imine (C=N–C) groups is 1. The Labute approximate surface area is 180 Å². The van der Waals surface area contributed by atoms with E-state index in [9.17, 15) is 0 Å². The molecule has 1 aromatic heterocycles. The summed E-state index contributed by atoms with van der Waals surface area (Å²) in [6.07, 6.45) is 4.66. The second kappa shape index (κ2) is 11.0. The SMILES string of the molecule is CCNC(=NCc1ccnc(N2CCOC(C)C2)c1)N1CCC(C)CC1.I. The zero-order valence-electron chi connectivity index (χ0n) is 16.9. The molecular formula is C20H34IN5O. The van der Waals surface area contributed by atoms with Crippen LogP contribution in [0.1, 0.15) is 39.2 Å². The highest BCUT2D eigenvalue weighted by molar-refractivity contribution is 14.0. The van der Waals surface area contributed by atoms with E-state index in [1.165, 1.54) is 18.4 Å². The minimum Gasteiger partial charge on any atom is -0.375 e. The first kappa shape index (κ1) is 22.2. The minimum atomic E-state index is 0. The standard InChI is InChI=1S/C20H33N5O.HI/c1-4-21-20(24-9-6-16(2)7-10-24)23-14-18-5-8-22-19(13-18)25-11-12-26-17(3)15-25;/h5,8,13,16-17H,4,6-7,9-12,14-15H2,1-3H3,(H,21,23);1H. The third-order valence-electron chi connectivity index (χ3n) is 5.20. The van der Waals surface area contributed by atoms with Crippen LogP contribution in [0.5, 0.6) is 0 Å². The van der Waals surface area contributed by atoms with E-state index in [-0.39, 0.29) is 30.1 Å². The van der Waals surface area contributed by atoms with Gasteiger partial charge in [-0.25, -0.2) is 9.98 Å². The van der Waals surface area contributed by atoms with Crippen LogP contribution >= 0.6 is 24.0 Å². The Morgan fingerprint density at radius 2 is 2.07 bits per heavy atom. The van der Waals surface area contributed by atoms with Crippen molar-refractivity contribution in [2.45, 2.75) is 46.3 Å². The van der Waals surface area contributed by atoms with Crippen LogP contribution in [0.3, 0.4) is 0 Å². The third-order valence-corrected chi connectivity index (χ3v) is 5.20. The fourth-order valence-electron chi connectivity index (χ4n) is 3.57. The topological polar surface area (TPSA) is 53.0 Å². The Balaban J connectivity index is 0.00000261. The molecule has 2 fully saturated rings. The average molecular weight is 487 g/mol. The number of nitrogens with zero attached hydrogens (tertiary/aromatic N) is 4. The normalized spacial score (nSPS) is 21.7. The zero-order valence-corrected chi connectivity index (χ0v) is 19.2. The zero-order chi connectivity index (χ0) is 18.4. The summed E-state index contributed by atoms with van der Waals surface area (Å²) in [5, 5.41) is 3.45. The van der Waals surface area contributed by atoms with Crippen molar-refractivity contribution < 1.29 is 4.74 Å². The lowest BCUT2D eigenvalue weighted by atomic mass is 10.00. The van der Waals surface area contributed by atoms with Crippen molar-refractivity contribution in [3.8, 4) is 0 Å². The van der Waals surface area contributed by atoms with Gasteiger partial charge in [0.1, 0.15) is 5.82 Å². The number of pyridine rings is 1. The second-order valence-electron chi connectivity index (χ2n) is 7.49. The highest BCUT2D eigenvalue weighted by atomic mass is 127. The molecule has 6 nitrogen and oxygen atoms in total. The molecule has 3 rings (SSSR count). The van der Waals surface area contributed by atoms with Crippen LogP contribution in [0.4, 0.5) is 5.82 Å². The molecule has 152 valence electrons. The Morgan fingerprint density at radius 3 is 2.78 bits per heavy atom. The first-order valence-electron chi connectivity index (χ1n) is 10.0. The number of rotatable bonds is 4. The molecule has 0 radical (unpaired) electrons. The van der Waals surface area contributed by atoms with Gasteiger partial charge < -0.3 is 19.9 Å². The number of hydrogen-bond donors (Lipinski definition) is 1. The molecular weight excluding hydrogens is 453 g/mol. The fourth-order valence-corrected chi connectivity index (χ4v) is 3.57. The highest BCUT2D eigenvalue weighted by Gasteiger charge is 2.19. The number of aromatic nitrogens is 1. The van der Waals surface area contributed by atoms with Crippen LogP contribution in [0.25, 0.3) is 0 Å². The van der Waals surface area contributed by atoms with Gasteiger partial charge in [-0.05, 0) is 50.3 Å². The predicted octanol–water partition coefficient (Wildman–Crippen LogP) is 3.12. The van der Waals surface area contributed by atoms with Gasteiger partial charge >= 0.3 is 0 Å². The second-order valence-corrected chi connectivity index (χ2v) is 7.49. The van der Waals surface area contributed by atoms with Gasteiger partial charge in [0.25, 0.3) is 0 Å². The van der Waals surface area contributed by atoms with E-state index in [1.54, 1.807) is 0 Å². The third kappa shape index (κ3) is 6.48. The molecule has 1 N–H and O–H groups in total. The fraction of sp³-hybridized carbons (Fsp3) is 0.700. The summed E-state index contributed by atoms with van der Waals surface area (Å²) in [6.45, 7) is 12.9. The molecule has 0 amide bonds. The summed E-state index contributed by atoms with van der Waals surface area (Å²) in [7, 11) is 0. The Kier molecular flexibility index (Phi) is 9.08. The van der Waals surface area contributed by atoms with Crippen molar-refractivity contribution in [2.24, 2.45) is 10.9 Å². The van der Waals surface area contributed by atoms with Crippen molar-refractivity contribution in [1.82, 2.24) is 15.2 Å². The Hall–Kier alpha value is -1.09. The van der Waals surface area contributed by atoms with E-state index in [0.29, 0.717) is 6.54 Å². The molecule has 0 aliphatic carbocycles. The molecule has 1 aromatic rings. The van der Waals surface area contributed by atoms with Crippen molar-refractivity contribution >= 4 is 35.8 Å². The number of guanidine groups is 1. The number of piperidine rings is 1. The summed E-state index contributed by atoms with van der Waals surface area (Å²) in [4.78, 5) is 14.2. The van der Waals surface area contributed by atoms with Crippen LogP contribution < -0.4 is 10.2 Å². The number of nitrogens with one attached hydrogen (secondary N) is 1. The average Bonchev–Trinajstić information content (AvgIpc) is 2.66. The highest BCUT2D eigenvalue weighted by Crippen LogP contribution is 2.18. The maximum atomic E-state index is 5.64. The Bertz CT molecular complexity index is 604. The van der Waals surface area contributed by atoms with Crippen LogP contribution in [-0.4, -0.2) is 61.3 Å². The van der Waals surface area contributed by atoms with Crippen molar-refractivity contribution in [3.05, 3.63) is 23.9 Å². The number of morpholine rings is 1. The predicted molar refractivity (Wildman–Crippen MR) is 122 cm³/mol. The first-order chi connectivity index (χ1) is 12.7. The molecule has 2 aliphatic rings. The van der Waals surface area contributed by atoms with Gasteiger partial charge in [0, 0.05) is 38.9 Å². The Morgan fingerprint density at radius 1 is 1.30 bits per heavy atom. The van der Waals surface area contributed by atoms with Gasteiger partial charge in [0.2, 0.25) is 0 Å². The largest absolute Gasteiger partial charge is 0.375 e. The van der Waals surface area contributed by atoms with Gasteiger partial charge in [-0.1, -0.05) is 6.92 Å². The molecule has 7 heteroatoms. The van der Waals surface area contributed by atoms with E-state index in [2.05, 4.69) is 53.0 Å². The lowest BCUT2D eigenvalue weighted by Crippen LogP contribution is -2.45.